The van der Waals surface area contributed by atoms with Gasteiger partial charge in [-0.1, -0.05) is 0 Å². The Labute approximate surface area is 192 Å². The number of amides is 1. The van der Waals surface area contributed by atoms with Gasteiger partial charge in [-0.05, 0) is 44.4 Å². The number of hydrogen-bond acceptors (Lipinski definition) is 9. The van der Waals surface area contributed by atoms with Gasteiger partial charge in [-0.15, -0.1) is 0 Å². The van der Waals surface area contributed by atoms with Crippen LogP contribution in [0.4, 0.5) is 23.1 Å². The molecule has 1 aromatic carbocycles. The Hall–Kier alpha value is -3.53. The average molecular weight is 449 g/mol. The van der Waals surface area contributed by atoms with E-state index in [0.29, 0.717) is 24.9 Å². The first-order chi connectivity index (χ1) is 15.8. The topological polar surface area (TPSA) is 111 Å². The Morgan fingerprint density at radius 2 is 1.85 bits per heavy atom. The molecule has 10 nitrogen and oxygen atoms in total. The molecule has 1 unspecified atom stereocenters. The van der Waals surface area contributed by atoms with Crippen molar-refractivity contribution in [2.75, 3.05) is 35.3 Å². The number of rotatable bonds is 3. The van der Waals surface area contributed by atoms with Gasteiger partial charge in [0.25, 0.3) is 0 Å². The standard InChI is InChI=1S/C23H28N8O2/c1-13-9-19-18(24-11-14(2)26-19)10-17(13)27-22-25-12-20-21(28-22)31(23(33)29(20)4)16-5-7-30(8-6-16)15(3)32/h9-12,16,23,33H,5-8H2,1-4H3,(H,25,27,28). The molecule has 0 spiro atoms. The summed E-state index contributed by atoms with van der Waals surface area (Å²) in [7, 11) is 1.83. The van der Waals surface area contributed by atoms with E-state index >= 15 is 0 Å². The first kappa shape index (κ1) is 21.3. The van der Waals surface area contributed by atoms with Gasteiger partial charge >= 0.3 is 0 Å². The number of aryl methyl sites for hydroxylation is 2. The molecular formula is C23H28N8O2. The number of carbonyl (C=O) groups is 1. The van der Waals surface area contributed by atoms with Crippen molar-refractivity contribution in [2.45, 2.75) is 46.0 Å². The molecule has 5 rings (SSSR count). The number of hydrogen-bond donors (Lipinski definition) is 2. The van der Waals surface area contributed by atoms with Crippen LogP contribution < -0.4 is 15.1 Å². The average Bonchev–Trinajstić information content (AvgIpc) is 3.04. The monoisotopic (exact) mass is 448 g/mol. The van der Waals surface area contributed by atoms with Gasteiger partial charge in [0.2, 0.25) is 18.2 Å². The summed E-state index contributed by atoms with van der Waals surface area (Å²) in [5.41, 5.74) is 5.16. The third-order valence-electron chi connectivity index (χ3n) is 6.53. The molecule has 1 fully saturated rings. The number of anilines is 4. The van der Waals surface area contributed by atoms with E-state index in [1.54, 1.807) is 24.2 Å². The number of fused-ring (bicyclic) bond motifs is 2. The number of benzene rings is 1. The maximum atomic E-state index is 11.7. The molecule has 1 atom stereocenters. The summed E-state index contributed by atoms with van der Waals surface area (Å²) in [6.45, 7) is 6.88. The second-order valence-corrected chi connectivity index (χ2v) is 8.80. The fourth-order valence-corrected chi connectivity index (χ4v) is 4.62. The highest BCUT2D eigenvalue weighted by molar-refractivity contribution is 5.82. The lowest BCUT2D eigenvalue weighted by Crippen LogP contribution is -2.52. The Kier molecular flexibility index (Phi) is 5.24. The number of likely N-dealkylation sites (tertiary alicyclic amines) is 1. The van der Waals surface area contributed by atoms with Crippen LogP contribution in [0.5, 0.6) is 0 Å². The number of carbonyl (C=O) groups excluding carboxylic acids is 1. The van der Waals surface area contributed by atoms with Crippen LogP contribution in [0.15, 0.2) is 24.5 Å². The van der Waals surface area contributed by atoms with E-state index in [1.807, 2.05) is 42.8 Å². The van der Waals surface area contributed by atoms with E-state index in [0.717, 1.165) is 46.5 Å². The number of nitrogens with one attached hydrogen (secondary N) is 1. The van der Waals surface area contributed by atoms with Gasteiger partial charge in [0.05, 0.1) is 22.9 Å². The molecule has 33 heavy (non-hydrogen) atoms. The minimum Gasteiger partial charge on any atom is -0.356 e. The summed E-state index contributed by atoms with van der Waals surface area (Å²) in [5.74, 6) is 1.23. The number of aromatic nitrogens is 4. The van der Waals surface area contributed by atoms with Gasteiger partial charge in [0.1, 0.15) is 5.69 Å². The molecule has 2 aliphatic rings. The molecule has 2 N–H and O–H groups in total. The molecule has 3 aromatic rings. The fraction of sp³-hybridized carbons (Fsp3) is 0.435. The van der Waals surface area contributed by atoms with E-state index in [2.05, 4.69) is 20.3 Å². The van der Waals surface area contributed by atoms with Crippen molar-refractivity contribution in [1.82, 2.24) is 24.8 Å². The lowest BCUT2D eigenvalue weighted by atomic mass is 10.0. The highest BCUT2D eigenvalue weighted by Gasteiger charge is 2.40. The van der Waals surface area contributed by atoms with Crippen LogP contribution in [0.3, 0.4) is 0 Å². The number of aliphatic hydroxyl groups is 1. The largest absolute Gasteiger partial charge is 0.356 e. The predicted octanol–water partition coefficient (Wildman–Crippen LogP) is 2.32. The zero-order valence-electron chi connectivity index (χ0n) is 19.3. The molecule has 0 bridgehead atoms. The molecule has 0 saturated carbocycles. The van der Waals surface area contributed by atoms with Gasteiger partial charge in [-0.3, -0.25) is 9.78 Å². The zero-order chi connectivity index (χ0) is 23.3. The molecule has 0 radical (unpaired) electrons. The van der Waals surface area contributed by atoms with E-state index in [-0.39, 0.29) is 11.9 Å². The minimum atomic E-state index is -0.820. The second-order valence-electron chi connectivity index (χ2n) is 8.80. The van der Waals surface area contributed by atoms with Gasteiger partial charge in [0, 0.05) is 45.0 Å². The molecule has 1 amide bonds. The number of piperidine rings is 1. The van der Waals surface area contributed by atoms with Gasteiger partial charge < -0.3 is 25.1 Å². The van der Waals surface area contributed by atoms with E-state index in [9.17, 15) is 9.90 Å². The summed E-state index contributed by atoms with van der Waals surface area (Å²) in [6.07, 6.45) is 4.22. The van der Waals surface area contributed by atoms with Gasteiger partial charge in [-0.25, -0.2) is 9.97 Å². The Morgan fingerprint density at radius 1 is 1.09 bits per heavy atom. The third kappa shape index (κ3) is 3.80. The van der Waals surface area contributed by atoms with Crippen molar-refractivity contribution >= 4 is 40.1 Å². The quantitative estimate of drug-likeness (QED) is 0.624. The summed E-state index contributed by atoms with van der Waals surface area (Å²) >= 11 is 0. The van der Waals surface area contributed by atoms with Crippen LogP contribution in [0.2, 0.25) is 0 Å². The molecule has 172 valence electrons. The molecule has 0 aliphatic carbocycles. The summed E-state index contributed by atoms with van der Waals surface area (Å²) in [5, 5.41) is 14.3. The van der Waals surface area contributed by atoms with Crippen molar-refractivity contribution in [1.29, 1.82) is 0 Å². The first-order valence-electron chi connectivity index (χ1n) is 11.1. The maximum Gasteiger partial charge on any atom is 0.229 e. The molecule has 4 heterocycles. The highest BCUT2D eigenvalue weighted by Crippen LogP contribution is 2.40. The smallest absolute Gasteiger partial charge is 0.229 e. The van der Waals surface area contributed by atoms with Crippen LogP contribution in [-0.4, -0.2) is 68.4 Å². The molecule has 10 heteroatoms. The lowest BCUT2D eigenvalue weighted by molar-refractivity contribution is -0.129. The van der Waals surface area contributed by atoms with Crippen LogP contribution in [0.25, 0.3) is 11.0 Å². The minimum absolute atomic E-state index is 0.0861. The maximum absolute atomic E-state index is 11.7. The lowest BCUT2D eigenvalue weighted by Gasteiger charge is -2.38. The zero-order valence-corrected chi connectivity index (χ0v) is 19.3. The molecule has 2 aromatic heterocycles. The van der Waals surface area contributed by atoms with Crippen LogP contribution in [-0.2, 0) is 4.79 Å². The Balaban J connectivity index is 1.43. The Morgan fingerprint density at radius 3 is 2.58 bits per heavy atom. The van der Waals surface area contributed by atoms with Crippen molar-refractivity contribution in [3.63, 3.8) is 0 Å². The molecule has 2 aliphatic heterocycles. The summed E-state index contributed by atoms with van der Waals surface area (Å²) in [6, 6.07) is 4.03. The van der Waals surface area contributed by atoms with Gasteiger partial charge in [-0.2, -0.15) is 4.98 Å². The fourth-order valence-electron chi connectivity index (χ4n) is 4.62. The summed E-state index contributed by atoms with van der Waals surface area (Å²) < 4.78 is 0. The van der Waals surface area contributed by atoms with Gasteiger partial charge in [0.15, 0.2) is 5.82 Å². The number of aliphatic hydroxyl groups excluding tert-OH is 1. The van der Waals surface area contributed by atoms with Crippen LogP contribution >= 0.6 is 0 Å². The first-order valence-corrected chi connectivity index (χ1v) is 11.1. The second kappa shape index (κ2) is 8.11. The molecular weight excluding hydrogens is 420 g/mol. The van der Waals surface area contributed by atoms with Crippen molar-refractivity contribution in [3.05, 3.63) is 35.8 Å². The number of nitrogens with zero attached hydrogens (tertiary/aromatic N) is 7. The van der Waals surface area contributed by atoms with E-state index in [4.69, 9.17) is 4.98 Å². The van der Waals surface area contributed by atoms with Crippen molar-refractivity contribution in [3.8, 4) is 0 Å². The van der Waals surface area contributed by atoms with E-state index in [1.165, 1.54) is 0 Å². The highest BCUT2D eigenvalue weighted by atomic mass is 16.3. The predicted molar refractivity (Wildman–Crippen MR) is 126 cm³/mol. The van der Waals surface area contributed by atoms with Crippen LogP contribution in [0, 0.1) is 13.8 Å². The van der Waals surface area contributed by atoms with Crippen molar-refractivity contribution < 1.29 is 9.90 Å². The Bertz CT molecular complexity index is 1220. The normalized spacial score (nSPS) is 18.7. The summed E-state index contributed by atoms with van der Waals surface area (Å²) in [4.78, 5) is 35.6. The van der Waals surface area contributed by atoms with E-state index < -0.39 is 6.35 Å². The SMILES string of the molecule is CC(=O)N1CCC(N2c3nc(Nc4cc5ncc(C)nc5cc4C)ncc3N(C)C2O)CC1. The van der Waals surface area contributed by atoms with Crippen LogP contribution in [0.1, 0.15) is 31.0 Å². The third-order valence-corrected chi connectivity index (χ3v) is 6.53. The molecule has 1 saturated heterocycles. The van der Waals surface area contributed by atoms with Crippen molar-refractivity contribution in [2.24, 2.45) is 0 Å².